The largest absolute Gasteiger partial charge is 0.464 e. The van der Waals surface area contributed by atoms with Crippen LogP contribution in [0.3, 0.4) is 0 Å². The van der Waals surface area contributed by atoms with Crippen LogP contribution in [0.4, 0.5) is 0 Å². The summed E-state index contributed by atoms with van der Waals surface area (Å²) >= 11 is 7.36. The van der Waals surface area contributed by atoms with Crippen molar-refractivity contribution >= 4 is 35.2 Å². The molecule has 0 aromatic rings. The highest BCUT2D eigenvalue weighted by Crippen LogP contribution is 2.20. The molecule has 0 saturated carbocycles. The SMILES string of the molecule is CCOC(=O)C1CSCCN1C(=O)C(C)CCl. The van der Waals surface area contributed by atoms with Crippen LogP contribution in [0.25, 0.3) is 0 Å². The molecule has 0 aromatic heterocycles. The van der Waals surface area contributed by atoms with Gasteiger partial charge in [0.2, 0.25) is 5.91 Å². The van der Waals surface area contributed by atoms with Crippen molar-refractivity contribution in [1.29, 1.82) is 0 Å². The zero-order chi connectivity index (χ0) is 12.8. The molecule has 1 aliphatic heterocycles. The third-order valence-electron chi connectivity index (χ3n) is 2.62. The monoisotopic (exact) mass is 279 g/mol. The van der Waals surface area contributed by atoms with Crippen molar-refractivity contribution in [3.63, 3.8) is 0 Å². The molecule has 1 heterocycles. The van der Waals surface area contributed by atoms with E-state index in [1.165, 1.54) is 0 Å². The van der Waals surface area contributed by atoms with Gasteiger partial charge in [-0.2, -0.15) is 11.8 Å². The van der Waals surface area contributed by atoms with E-state index in [9.17, 15) is 9.59 Å². The quantitative estimate of drug-likeness (QED) is 0.576. The Morgan fingerprint density at radius 3 is 2.88 bits per heavy atom. The van der Waals surface area contributed by atoms with Gasteiger partial charge < -0.3 is 9.64 Å². The number of thioether (sulfide) groups is 1. The van der Waals surface area contributed by atoms with E-state index in [0.717, 1.165) is 5.75 Å². The predicted molar refractivity (Wildman–Crippen MR) is 69.3 cm³/mol. The summed E-state index contributed by atoms with van der Waals surface area (Å²) in [7, 11) is 0. The molecule has 0 aromatic carbocycles. The molecule has 2 atom stereocenters. The number of hydrogen-bond donors (Lipinski definition) is 0. The summed E-state index contributed by atoms with van der Waals surface area (Å²) in [6.45, 7) is 4.47. The van der Waals surface area contributed by atoms with Crippen LogP contribution in [0.15, 0.2) is 0 Å². The van der Waals surface area contributed by atoms with Crippen LogP contribution in [0, 0.1) is 5.92 Å². The lowest BCUT2D eigenvalue weighted by molar-refractivity contribution is -0.154. The number of esters is 1. The van der Waals surface area contributed by atoms with Gasteiger partial charge in [0.15, 0.2) is 0 Å². The molecule has 1 fully saturated rings. The van der Waals surface area contributed by atoms with Crippen LogP contribution in [-0.2, 0) is 14.3 Å². The van der Waals surface area contributed by atoms with Gasteiger partial charge in [0.1, 0.15) is 6.04 Å². The first-order valence-electron chi connectivity index (χ1n) is 5.72. The Bertz CT molecular complexity index is 288. The molecule has 0 spiro atoms. The van der Waals surface area contributed by atoms with Crippen LogP contribution < -0.4 is 0 Å². The first-order valence-corrected chi connectivity index (χ1v) is 7.41. The van der Waals surface area contributed by atoms with Crippen molar-refractivity contribution < 1.29 is 14.3 Å². The number of ether oxygens (including phenoxy) is 1. The Kier molecular flexibility index (Phi) is 6.12. The molecule has 17 heavy (non-hydrogen) atoms. The second kappa shape index (κ2) is 7.11. The Hall–Kier alpha value is -0.420. The lowest BCUT2D eigenvalue weighted by Crippen LogP contribution is -2.52. The molecule has 2 unspecified atom stereocenters. The van der Waals surface area contributed by atoms with Crippen molar-refractivity contribution in [3.05, 3.63) is 0 Å². The number of nitrogens with zero attached hydrogens (tertiary/aromatic N) is 1. The van der Waals surface area contributed by atoms with Crippen LogP contribution in [0.1, 0.15) is 13.8 Å². The van der Waals surface area contributed by atoms with E-state index in [0.29, 0.717) is 18.9 Å². The van der Waals surface area contributed by atoms with E-state index < -0.39 is 6.04 Å². The maximum absolute atomic E-state index is 12.1. The fraction of sp³-hybridized carbons (Fsp3) is 0.818. The molecule has 1 aliphatic rings. The van der Waals surface area contributed by atoms with Crippen molar-refractivity contribution in [3.8, 4) is 0 Å². The average Bonchev–Trinajstić information content (AvgIpc) is 2.37. The second-order valence-electron chi connectivity index (χ2n) is 3.93. The molecule has 98 valence electrons. The summed E-state index contributed by atoms with van der Waals surface area (Å²) < 4.78 is 5.00. The molecule has 1 amide bonds. The fourth-order valence-corrected chi connectivity index (χ4v) is 2.81. The Morgan fingerprint density at radius 1 is 1.59 bits per heavy atom. The minimum absolute atomic E-state index is 0.0571. The maximum atomic E-state index is 12.1. The minimum atomic E-state index is -0.452. The average molecular weight is 280 g/mol. The highest BCUT2D eigenvalue weighted by atomic mass is 35.5. The first-order chi connectivity index (χ1) is 8.11. The third kappa shape index (κ3) is 3.78. The maximum Gasteiger partial charge on any atom is 0.329 e. The van der Waals surface area contributed by atoms with Gasteiger partial charge in [0.25, 0.3) is 0 Å². The molecule has 0 N–H and O–H groups in total. The van der Waals surface area contributed by atoms with Crippen LogP contribution in [-0.4, -0.2) is 53.4 Å². The summed E-state index contributed by atoms with van der Waals surface area (Å²) in [5.74, 6) is 1.12. The van der Waals surface area contributed by atoms with E-state index in [-0.39, 0.29) is 23.7 Å². The van der Waals surface area contributed by atoms with E-state index in [1.807, 2.05) is 0 Å². The number of halogens is 1. The summed E-state index contributed by atoms with van der Waals surface area (Å²) in [6, 6.07) is -0.452. The summed E-state index contributed by atoms with van der Waals surface area (Å²) in [5.41, 5.74) is 0. The molecule has 1 saturated heterocycles. The zero-order valence-electron chi connectivity index (χ0n) is 10.1. The Balaban J connectivity index is 2.71. The molecule has 1 rings (SSSR count). The number of amides is 1. The number of carbonyl (C=O) groups excluding carboxylic acids is 2. The molecular formula is C11H18ClNO3S. The Labute approximate surface area is 111 Å². The van der Waals surface area contributed by atoms with Crippen LogP contribution in [0.2, 0.25) is 0 Å². The number of rotatable bonds is 4. The smallest absolute Gasteiger partial charge is 0.329 e. The van der Waals surface area contributed by atoms with E-state index in [2.05, 4.69) is 0 Å². The molecule has 0 radical (unpaired) electrons. The van der Waals surface area contributed by atoms with Crippen molar-refractivity contribution in [2.45, 2.75) is 19.9 Å². The van der Waals surface area contributed by atoms with Crippen molar-refractivity contribution in [2.24, 2.45) is 5.92 Å². The van der Waals surface area contributed by atoms with Gasteiger partial charge in [-0.25, -0.2) is 4.79 Å². The summed E-state index contributed by atoms with van der Waals surface area (Å²) in [5, 5.41) is 0. The molecule has 0 aliphatic carbocycles. The molecular weight excluding hydrogens is 262 g/mol. The number of alkyl halides is 1. The standard InChI is InChI=1S/C11H18ClNO3S/c1-3-16-11(15)9-7-17-5-4-13(9)10(14)8(2)6-12/h8-9H,3-7H2,1-2H3. The number of carbonyl (C=O) groups is 2. The number of hydrogen-bond acceptors (Lipinski definition) is 4. The summed E-state index contributed by atoms with van der Waals surface area (Å²) in [6.07, 6.45) is 0. The lowest BCUT2D eigenvalue weighted by Gasteiger charge is -2.35. The van der Waals surface area contributed by atoms with Crippen LogP contribution in [0.5, 0.6) is 0 Å². The van der Waals surface area contributed by atoms with Gasteiger partial charge in [-0.3, -0.25) is 4.79 Å². The van der Waals surface area contributed by atoms with E-state index in [1.54, 1.807) is 30.5 Å². The summed E-state index contributed by atoms with van der Waals surface area (Å²) in [4.78, 5) is 25.4. The highest BCUT2D eigenvalue weighted by molar-refractivity contribution is 7.99. The van der Waals surface area contributed by atoms with Crippen molar-refractivity contribution in [1.82, 2.24) is 4.90 Å². The topological polar surface area (TPSA) is 46.6 Å². The van der Waals surface area contributed by atoms with E-state index >= 15 is 0 Å². The normalized spacial score (nSPS) is 22.1. The highest BCUT2D eigenvalue weighted by Gasteiger charge is 2.35. The van der Waals surface area contributed by atoms with Gasteiger partial charge in [-0.05, 0) is 6.92 Å². The molecule has 0 bridgehead atoms. The van der Waals surface area contributed by atoms with Gasteiger partial charge in [0, 0.05) is 29.8 Å². The van der Waals surface area contributed by atoms with Gasteiger partial charge in [-0.1, -0.05) is 6.92 Å². The van der Waals surface area contributed by atoms with Crippen molar-refractivity contribution in [2.75, 3.05) is 30.5 Å². The third-order valence-corrected chi connectivity index (χ3v) is 4.11. The predicted octanol–water partition coefficient (Wildman–Crippen LogP) is 1.37. The first kappa shape index (κ1) is 14.6. The fourth-order valence-electron chi connectivity index (χ4n) is 1.65. The zero-order valence-corrected chi connectivity index (χ0v) is 11.7. The molecule has 4 nitrogen and oxygen atoms in total. The van der Waals surface area contributed by atoms with Gasteiger partial charge >= 0.3 is 5.97 Å². The van der Waals surface area contributed by atoms with E-state index in [4.69, 9.17) is 16.3 Å². The molecule has 6 heteroatoms. The van der Waals surface area contributed by atoms with Gasteiger partial charge in [0.05, 0.1) is 6.61 Å². The second-order valence-corrected chi connectivity index (χ2v) is 5.39. The minimum Gasteiger partial charge on any atom is -0.464 e. The lowest BCUT2D eigenvalue weighted by atomic mass is 10.1. The van der Waals surface area contributed by atoms with Gasteiger partial charge in [-0.15, -0.1) is 11.6 Å². The van der Waals surface area contributed by atoms with Crippen LogP contribution >= 0.6 is 23.4 Å². The Morgan fingerprint density at radius 2 is 2.29 bits per heavy atom.